The van der Waals surface area contributed by atoms with Gasteiger partial charge >= 0.3 is 5.97 Å². The molecule has 0 spiro atoms. The second kappa shape index (κ2) is 8.75. The number of carboxylic acids is 1. The number of carboxylic acid groups (broad SMARTS) is 1. The van der Waals surface area contributed by atoms with E-state index < -0.39 is 5.97 Å². The Balaban J connectivity index is 1.18. The van der Waals surface area contributed by atoms with Gasteiger partial charge in [0.15, 0.2) is 0 Å². The predicted molar refractivity (Wildman–Crippen MR) is 127 cm³/mol. The number of fused-ring (bicyclic) bond motifs is 2. The number of hydrogen-bond donors (Lipinski definition) is 1. The molecular formula is C27H28FN3O4. The first-order chi connectivity index (χ1) is 17.0. The zero-order valence-corrected chi connectivity index (χ0v) is 19.6. The van der Waals surface area contributed by atoms with E-state index in [0.29, 0.717) is 41.6 Å². The van der Waals surface area contributed by atoms with Gasteiger partial charge in [0.1, 0.15) is 23.1 Å². The zero-order chi connectivity index (χ0) is 24.1. The predicted octanol–water partition coefficient (Wildman–Crippen LogP) is 5.48. The molecule has 2 aromatic heterocycles. The number of aromatic nitrogens is 2. The molecular weight excluding hydrogens is 449 g/mol. The van der Waals surface area contributed by atoms with Crippen LogP contribution in [-0.2, 0) is 11.3 Å². The molecule has 0 radical (unpaired) electrons. The van der Waals surface area contributed by atoms with Gasteiger partial charge in [-0.3, -0.25) is 0 Å². The van der Waals surface area contributed by atoms with E-state index in [1.54, 1.807) is 31.2 Å². The zero-order valence-electron chi connectivity index (χ0n) is 19.6. The number of aromatic carboxylic acids is 1. The number of ether oxygens (including phenoxy) is 1. The fourth-order valence-corrected chi connectivity index (χ4v) is 5.75. The van der Waals surface area contributed by atoms with Crippen molar-refractivity contribution in [3.63, 3.8) is 0 Å². The van der Waals surface area contributed by atoms with E-state index in [-0.39, 0.29) is 17.5 Å². The van der Waals surface area contributed by atoms with Crippen LogP contribution in [0.3, 0.4) is 0 Å². The van der Waals surface area contributed by atoms with Crippen LogP contribution in [0.1, 0.15) is 71.8 Å². The van der Waals surface area contributed by atoms with Crippen molar-refractivity contribution < 1.29 is 23.6 Å². The fraction of sp³-hybridized carbons (Fsp3) is 0.444. The lowest BCUT2D eigenvalue weighted by atomic mass is 9.99. The summed E-state index contributed by atoms with van der Waals surface area (Å²) in [6.45, 7) is 2.10. The topological polar surface area (TPSA) is 88.7 Å². The molecule has 182 valence electrons. The molecule has 1 aromatic carbocycles. The smallest absolute Gasteiger partial charge is 0.337 e. The third-order valence-corrected chi connectivity index (χ3v) is 7.61. The summed E-state index contributed by atoms with van der Waals surface area (Å²) in [6.07, 6.45) is 6.08. The number of carbonyl (C=O) groups is 1. The number of piperidine rings is 1. The monoisotopic (exact) mass is 477 g/mol. The SMILES string of the molecule is Cc1nc(N2C3CC[C@H]2CC(OCc2c(-c4ccccc4F)noc2C2CC2)C3)ccc1C(=O)O. The number of halogens is 1. The molecule has 35 heavy (non-hydrogen) atoms. The molecule has 3 fully saturated rings. The van der Waals surface area contributed by atoms with Gasteiger partial charge in [-0.05, 0) is 69.7 Å². The van der Waals surface area contributed by atoms with Gasteiger partial charge in [0.2, 0.25) is 0 Å². The van der Waals surface area contributed by atoms with Crippen LogP contribution in [0.25, 0.3) is 11.3 Å². The van der Waals surface area contributed by atoms with Crippen LogP contribution in [0.2, 0.25) is 0 Å². The van der Waals surface area contributed by atoms with Gasteiger partial charge in [0.05, 0.1) is 24.0 Å². The van der Waals surface area contributed by atoms with Crippen LogP contribution < -0.4 is 4.90 Å². The van der Waals surface area contributed by atoms with Gasteiger partial charge in [-0.1, -0.05) is 17.3 Å². The molecule has 1 saturated carbocycles. The van der Waals surface area contributed by atoms with Gasteiger partial charge in [0, 0.05) is 29.1 Å². The van der Waals surface area contributed by atoms with E-state index >= 15 is 0 Å². The van der Waals surface area contributed by atoms with Crippen LogP contribution in [0, 0.1) is 12.7 Å². The van der Waals surface area contributed by atoms with E-state index in [1.165, 1.54) is 6.07 Å². The summed E-state index contributed by atoms with van der Waals surface area (Å²) in [5, 5.41) is 13.6. The Hall–Kier alpha value is -3.26. The van der Waals surface area contributed by atoms with E-state index in [0.717, 1.165) is 55.7 Å². The highest BCUT2D eigenvalue weighted by atomic mass is 19.1. The number of pyridine rings is 1. The van der Waals surface area contributed by atoms with E-state index in [1.807, 2.05) is 6.07 Å². The molecule has 1 aliphatic carbocycles. The molecule has 3 atom stereocenters. The average Bonchev–Trinajstić information content (AvgIpc) is 3.54. The maximum Gasteiger partial charge on any atom is 0.337 e. The minimum absolute atomic E-state index is 0.0820. The van der Waals surface area contributed by atoms with Gasteiger partial charge in [-0.2, -0.15) is 0 Å². The van der Waals surface area contributed by atoms with Gasteiger partial charge in [-0.25, -0.2) is 14.2 Å². The summed E-state index contributed by atoms with van der Waals surface area (Å²) < 4.78 is 26.6. The van der Waals surface area contributed by atoms with Crippen molar-refractivity contribution in [2.75, 3.05) is 4.90 Å². The Bertz CT molecular complexity index is 1260. The standard InChI is InChI=1S/C27H28FN3O4/c1-15-20(27(32)33)10-11-24(29-15)31-17-8-9-18(31)13-19(12-17)34-14-22-25(21-4-2-3-5-23(21)28)30-35-26(22)16-6-7-16/h2-5,10-11,16-19H,6-9,12-14H2,1H3,(H,32,33)/t17-,18?,19?/m0/s1. The van der Waals surface area contributed by atoms with Crippen molar-refractivity contribution in [3.05, 3.63) is 64.8 Å². The Morgan fingerprint density at radius 1 is 1.14 bits per heavy atom. The lowest BCUT2D eigenvalue weighted by Crippen LogP contribution is -2.46. The Morgan fingerprint density at radius 3 is 2.54 bits per heavy atom. The number of nitrogens with zero attached hydrogens (tertiary/aromatic N) is 3. The van der Waals surface area contributed by atoms with E-state index in [9.17, 15) is 14.3 Å². The van der Waals surface area contributed by atoms with Gasteiger partial charge < -0.3 is 19.3 Å². The number of benzene rings is 1. The van der Waals surface area contributed by atoms with Gasteiger partial charge in [-0.15, -0.1) is 0 Å². The van der Waals surface area contributed by atoms with Crippen LogP contribution in [0.15, 0.2) is 40.9 Å². The minimum Gasteiger partial charge on any atom is -0.478 e. The molecule has 8 heteroatoms. The molecule has 2 bridgehead atoms. The third-order valence-electron chi connectivity index (χ3n) is 7.61. The summed E-state index contributed by atoms with van der Waals surface area (Å²) in [5.74, 6) is 0.762. The molecule has 6 rings (SSSR count). The molecule has 4 heterocycles. The summed E-state index contributed by atoms with van der Waals surface area (Å²) >= 11 is 0. The summed E-state index contributed by atoms with van der Waals surface area (Å²) in [6, 6.07) is 10.7. The average molecular weight is 478 g/mol. The normalized spacial score (nSPS) is 23.6. The third kappa shape index (κ3) is 4.10. The van der Waals surface area contributed by atoms with Crippen molar-refractivity contribution in [1.82, 2.24) is 10.1 Å². The minimum atomic E-state index is -0.953. The second-order valence-corrected chi connectivity index (χ2v) is 9.93. The van der Waals surface area contributed by atoms with Crippen LogP contribution in [0.5, 0.6) is 0 Å². The molecule has 0 amide bonds. The first-order valence-electron chi connectivity index (χ1n) is 12.3. The largest absolute Gasteiger partial charge is 0.478 e. The Kier molecular flexibility index (Phi) is 5.56. The Morgan fingerprint density at radius 2 is 1.89 bits per heavy atom. The quantitative estimate of drug-likeness (QED) is 0.482. The fourth-order valence-electron chi connectivity index (χ4n) is 5.75. The second-order valence-electron chi connectivity index (χ2n) is 9.93. The molecule has 3 aliphatic rings. The first-order valence-corrected chi connectivity index (χ1v) is 12.3. The van der Waals surface area contributed by atoms with Crippen LogP contribution >= 0.6 is 0 Å². The lowest BCUT2D eigenvalue weighted by Gasteiger charge is -2.39. The van der Waals surface area contributed by atoms with E-state index in [4.69, 9.17) is 9.26 Å². The molecule has 3 aromatic rings. The first kappa shape index (κ1) is 22.2. The summed E-state index contributed by atoms with van der Waals surface area (Å²) in [4.78, 5) is 18.3. The number of anilines is 1. The number of hydrogen-bond acceptors (Lipinski definition) is 6. The molecule has 2 saturated heterocycles. The Labute approximate surface area is 202 Å². The summed E-state index contributed by atoms with van der Waals surface area (Å²) in [7, 11) is 0. The highest BCUT2D eigenvalue weighted by Crippen LogP contribution is 2.45. The highest BCUT2D eigenvalue weighted by Gasteiger charge is 2.42. The molecule has 2 aliphatic heterocycles. The van der Waals surface area contributed by atoms with Crippen LogP contribution in [0.4, 0.5) is 10.2 Å². The van der Waals surface area contributed by atoms with Crippen molar-refractivity contribution >= 4 is 11.8 Å². The van der Waals surface area contributed by atoms with E-state index in [2.05, 4.69) is 15.0 Å². The van der Waals surface area contributed by atoms with Gasteiger partial charge in [0.25, 0.3) is 0 Å². The molecule has 1 N–H and O–H groups in total. The van der Waals surface area contributed by atoms with Crippen molar-refractivity contribution in [1.29, 1.82) is 0 Å². The maximum atomic E-state index is 14.5. The van der Waals surface area contributed by atoms with Crippen molar-refractivity contribution in [2.45, 2.75) is 76.2 Å². The number of rotatable bonds is 7. The van der Waals surface area contributed by atoms with Crippen molar-refractivity contribution in [3.8, 4) is 11.3 Å². The highest BCUT2D eigenvalue weighted by molar-refractivity contribution is 5.89. The summed E-state index contributed by atoms with van der Waals surface area (Å²) in [5.41, 5.74) is 2.64. The van der Waals surface area contributed by atoms with Crippen molar-refractivity contribution in [2.24, 2.45) is 0 Å². The van der Waals surface area contributed by atoms with Crippen LogP contribution in [-0.4, -0.2) is 39.4 Å². The maximum absolute atomic E-state index is 14.5. The molecule has 7 nitrogen and oxygen atoms in total. The lowest BCUT2D eigenvalue weighted by molar-refractivity contribution is 0.0146. The molecule has 2 unspecified atom stereocenters. The number of aryl methyl sites for hydroxylation is 1.